The molecule has 0 unspecified atom stereocenters. The first-order chi connectivity index (χ1) is 11.2. The number of benzene rings is 1. The molecule has 0 spiro atoms. The van der Waals surface area contributed by atoms with Gasteiger partial charge in [-0.25, -0.2) is 4.68 Å². The van der Waals surface area contributed by atoms with Gasteiger partial charge in [0, 0.05) is 36.0 Å². The summed E-state index contributed by atoms with van der Waals surface area (Å²) in [7, 11) is 0. The van der Waals surface area contributed by atoms with Crippen molar-refractivity contribution in [2.24, 2.45) is 0 Å². The second kappa shape index (κ2) is 6.29. The maximum absolute atomic E-state index is 6.25. The van der Waals surface area contributed by atoms with E-state index in [1.165, 1.54) is 54.6 Å². The molecule has 0 atom stereocenters. The fraction of sp³-hybridized carbons (Fsp3) is 0.526. The zero-order valence-electron chi connectivity index (χ0n) is 13.7. The van der Waals surface area contributed by atoms with Crippen LogP contribution in [-0.2, 0) is 13.0 Å². The number of fused-ring (bicyclic) bond motifs is 1. The summed E-state index contributed by atoms with van der Waals surface area (Å²) in [6.45, 7) is 4.13. The van der Waals surface area contributed by atoms with Crippen LogP contribution in [0.1, 0.15) is 60.5 Å². The second-order valence-electron chi connectivity index (χ2n) is 6.91. The van der Waals surface area contributed by atoms with Crippen molar-refractivity contribution in [2.75, 3.05) is 6.54 Å². The fourth-order valence-electron chi connectivity index (χ4n) is 4.09. The molecule has 1 aliphatic carbocycles. The van der Waals surface area contributed by atoms with Gasteiger partial charge in [0.25, 0.3) is 0 Å². The molecule has 1 aromatic carbocycles. The van der Waals surface area contributed by atoms with E-state index in [0.717, 1.165) is 30.2 Å². The van der Waals surface area contributed by atoms with Gasteiger partial charge in [0.15, 0.2) is 0 Å². The zero-order chi connectivity index (χ0) is 15.8. The molecular formula is C19H24ClN3. The molecule has 0 saturated heterocycles. The van der Waals surface area contributed by atoms with E-state index < -0.39 is 0 Å². The lowest BCUT2D eigenvalue weighted by Gasteiger charge is -2.22. The van der Waals surface area contributed by atoms with Gasteiger partial charge in [-0.1, -0.05) is 36.9 Å². The predicted octanol–water partition coefficient (Wildman–Crippen LogP) is 4.53. The number of aryl methyl sites for hydroxylation is 1. The van der Waals surface area contributed by atoms with Crippen molar-refractivity contribution in [3.63, 3.8) is 0 Å². The van der Waals surface area contributed by atoms with Gasteiger partial charge in [-0.15, -0.1) is 0 Å². The summed E-state index contributed by atoms with van der Waals surface area (Å²) in [4.78, 5) is 0. The Morgan fingerprint density at radius 3 is 2.87 bits per heavy atom. The Labute approximate surface area is 143 Å². The molecule has 0 amide bonds. The van der Waals surface area contributed by atoms with Crippen molar-refractivity contribution in [1.29, 1.82) is 0 Å². The van der Waals surface area contributed by atoms with Crippen molar-refractivity contribution in [3.8, 4) is 5.69 Å². The van der Waals surface area contributed by atoms with Gasteiger partial charge in [-0.05, 0) is 37.5 Å². The molecule has 2 aromatic rings. The summed E-state index contributed by atoms with van der Waals surface area (Å²) < 4.78 is 2.18. The van der Waals surface area contributed by atoms with E-state index in [9.17, 15) is 0 Å². The normalized spacial score (nSPS) is 18.9. The van der Waals surface area contributed by atoms with Crippen molar-refractivity contribution >= 4 is 11.6 Å². The van der Waals surface area contributed by atoms with Crippen LogP contribution < -0.4 is 5.32 Å². The number of nitrogens with zero attached hydrogens (tertiary/aromatic N) is 2. The summed E-state index contributed by atoms with van der Waals surface area (Å²) in [5.41, 5.74) is 6.54. The van der Waals surface area contributed by atoms with Crippen LogP contribution in [0.4, 0.5) is 0 Å². The van der Waals surface area contributed by atoms with Gasteiger partial charge in [0.2, 0.25) is 0 Å². The first-order valence-electron chi connectivity index (χ1n) is 8.82. The van der Waals surface area contributed by atoms with Crippen LogP contribution in [0.5, 0.6) is 0 Å². The molecule has 122 valence electrons. The number of hydrogen-bond donors (Lipinski definition) is 1. The Morgan fingerprint density at radius 1 is 1.22 bits per heavy atom. The zero-order valence-corrected chi connectivity index (χ0v) is 14.5. The summed E-state index contributed by atoms with van der Waals surface area (Å²) in [5, 5.41) is 9.42. The average Bonchev–Trinajstić information content (AvgIpc) is 2.97. The SMILES string of the molecule is Cc1ccc(Cl)cc1-n1nc(C2CCCCC2)c2c1CCNC2. The summed E-state index contributed by atoms with van der Waals surface area (Å²) in [5.74, 6) is 0.637. The van der Waals surface area contributed by atoms with Crippen LogP contribution in [0, 0.1) is 6.92 Å². The standard InChI is InChI=1S/C19H24ClN3/c1-13-7-8-15(20)11-18(13)23-17-9-10-21-12-16(17)19(22-23)14-5-3-2-4-6-14/h7-8,11,14,21H,2-6,9-10,12H2,1H3. The highest BCUT2D eigenvalue weighted by Crippen LogP contribution is 2.36. The van der Waals surface area contributed by atoms with Crippen LogP contribution in [0.15, 0.2) is 18.2 Å². The number of rotatable bonds is 2. The van der Waals surface area contributed by atoms with E-state index in [-0.39, 0.29) is 0 Å². The molecule has 2 aliphatic rings. The van der Waals surface area contributed by atoms with Crippen molar-refractivity contribution in [1.82, 2.24) is 15.1 Å². The van der Waals surface area contributed by atoms with E-state index in [1.807, 2.05) is 6.07 Å². The lowest BCUT2D eigenvalue weighted by molar-refractivity contribution is 0.432. The van der Waals surface area contributed by atoms with Crippen molar-refractivity contribution in [2.45, 2.75) is 57.9 Å². The molecular weight excluding hydrogens is 306 g/mol. The molecule has 3 nitrogen and oxygen atoms in total. The van der Waals surface area contributed by atoms with Crippen molar-refractivity contribution < 1.29 is 0 Å². The largest absolute Gasteiger partial charge is 0.312 e. The molecule has 23 heavy (non-hydrogen) atoms. The summed E-state index contributed by atoms with van der Waals surface area (Å²) in [6.07, 6.45) is 7.69. The third kappa shape index (κ3) is 2.81. The Hall–Kier alpha value is -1.32. The molecule has 1 fully saturated rings. The van der Waals surface area contributed by atoms with Crippen LogP contribution in [0.3, 0.4) is 0 Å². The molecule has 0 radical (unpaired) electrons. The number of nitrogens with one attached hydrogen (secondary N) is 1. The minimum atomic E-state index is 0.637. The van der Waals surface area contributed by atoms with E-state index >= 15 is 0 Å². The summed E-state index contributed by atoms with van der Waals surface area (Å²) in [6, 6.07) is 6.10. The molecule has 2 heterocycles. The monoisotopic (exact) mass is 329 g/mol. The van der Waals surface area contributed by atoms with Crippen LogP contribution in [0.25, 0.3) is 5.69 Å². The van der Waals surface area contributed by atoms with Gasteiger partial charge in [0.05, 0.1) is 17.1 Å². The van der Waals surface area contributed by atoms with Crippen LogP contribution >= 0.6 is 11.6 Å². The Balaban J connectivity index is 1.83. The highest BCUT2D eigenvalue weighted by molar-refractivity contribution is 6.30. The highest BCUT2D eigenvalue weighted by atomic mass is 35.5. The maximum Gasteiger partial charge on any atom is 0.0707 e. The molecule has 1 aromatic heterocycles. The van der Waals surface area contributed by atoms with E-state index in [0.29, 0.717) is 5.92 Å². The fourth-order valence-corrected chi connectivity index (χ4v) is 4.25. The number of halogens is 1. The lowest BCUT2D eigenvalue weighted by Crippen LogP contribution is -2.25. The molecule has 1 N–H and O–H groups in total. The molecule has 4 heteroatoms. The quantitative estimate of drug-likeness (QED) is 0.877. The van der Waals surface area contributed by atoms with Gasteiger partial charge in [-0.3, -0.25) is 0 Å². The first kappa shape index (κ1) is 15.2. The smallest absolute Gasteiger partial charge is 0.0707 e. The maximum atomic E-state index is 6.25. The van der Waals surface area contributed by atoms with E-state index in [2.05, 4.69) is 29.1 Å². The number of hydrogen-bond acceptors (Lipinski definition) is 2. The van der Waals surface area contributed by atoms with E-state index in [1.54, 1.807) is 0 Å². The van der Waals surface area contributed by atoms with Crippen LogP contribution in [-0.4, -0.2) is 16.3 Å². The third-order valence-corrected chi connectivity index (χ3v) is 5.59. The van der Waals surface area contributed by atoms with Crippen molar-refractivity contribution in [3.05, 3.63) is 45.7 Å². The number of aromatic nitrogens is 2. The topological polar surface area (TPSA) is 29.9 Å². The van der Waals surface area contributed by atoms with Gasteiger partial charge in [-0.2, -0.15) is 5.10 Å². The van der Waals surface area contributed by atoms with Crippen LogP contribution in [0.2, 0.25) is 5.02 Å². The molecule has 0 bridgehead atoms. The van der Waals surface area contributed by atoms with Gasteiger partial charge >= 0.3 is 0 Å². The Morgan fingerprint density at radius 2 is 2.04 bits per heavy atom. The molecule has 1 aliphatic heterocycles. The van der Waals surface area contributed by atoms with E-state index in [4.69, 9.17) is 16.7 Å². The first-order valence-corrected chi connectivity index (χ1v) is 9.20. The highest BCUT2D eigenvalue weighted by Gasteiger charge is 2.27. The Bertz CT molecular complexity index is 714. The van der Waals surface area contributed by atoms with Gasteiger partial charge in [0.1, 0.15) is 0 Å². The molecule has 1 saturated carbocycles. The van der Waals surface area contributed by atoms with Gasteiger partial charge < -0.3 is 5.32 Å². The second-order valence-corrected chi connectivity index (χ2v) is 7.35. The predicted molar refractivity (Wildman–Crippen MR) is 94.5 cm³/mol. The average molecular weight is 330 g/mol. The summed E-state index contributed by atoms with van der Waals surface area (Å²) >= 11 is 6.25. The Kier molecular flexibility index (Phi) is 4.16. The minimum absolute atomic E-state index is 0.637. The third-order valence-electron chi connectivity index (χ3n) is 5.35. The minimum Gasteiger partial charge on any atom is -0.312 e. The lowest BCUT2D eigenvalue weighted by atomic mass is 9.84. The molecule has 4 rings (SSSR count).